The molecule has 0 radical (unpaired) electrons. The average Bonchev–Trinajstić information content (AvgIpc) is 2.42. The van der Waals surface area contributed by atoms with E-state index in [2.05, 4.69) is 10.0 Å². The van der Waals surface area contributed by atoms with Gasteiger partial charge in [-0.2, -0.15) is 0 Å². The summed E-state index contributed by atoms with van der Waals surface area (Å²) < 4.78 is 40.3. The monoisotopic (exact) mass is 294 g/mol. The Morgan fingerprint density at radius 3 is 2.45 bits per heavy atom. The lowest BCUT2D eigenvalue weighted by Gasteiger charge is -2.12. The van der Waals surface area contributed by atoms with E-state index in [1.54, 1.807) is 32.2 Å². The van der Waals surface area contributed by atoms with Crippen molar-refractivity contribution in [2.24, 2.45) is 0 Å². The van der Waals surface area contributed by atoms with Gasteiger partial charge in [0, 0.05) is 12.7 Å². The Morgan fingerprint density at radius 2 is 1.80 bits per heavy atom. The van der Waals surface area contributed by atoms with Gasteiger partial charge in [-0.3, -0.25) is 4.72 Å². The fraction of sp³-hybridized carbons (Fsp3) is 0.143. The number of hydrogen-bond donors (Lipinski definition) is 2. The van der Waals surface area contributed by atoms with E-state index < -0.39 is 10.0 Å². The number of hydrogen-bond acceptors (Lipinski definition) is 3. The first kappa shape index (κ1) is 14.3. The molecule has 0 aromatic heterocycles. The molecule has 0 saturated heterocycles. The molecule has 0 aliphatic rings. The van der Waals surface area contributed by atoms with Crippen molar-refractivity contribution in [3.63, 3.8) is 0 Å². The maximum absolute atomic E-state index is 13.2. The Balaban J connectivity index is 2.38. The van der Waals surface area contributed by atoms with E-state index in [9.17, 15) is 12.8 Å². The van der Waals surface area contributed by atoms with E-state index in [0.717, 1.165) is 0 Å². The van der Waals surface area contributed by atoms with Crippen LogP contribution in [0.25, 0.3) is 0 Å². The number of aryl methyl sites for hydroxylation is 1. The van der Waals surface area contributed by atoms with Gasteiger partial charge in [-0.05, 0) is 42.8 Å². The number of nitrogens with one attached hydrogen (secondary N) is 2. The molecule has 0 amide bonds. The largest absolute Gasteiger partial charge is 0.387 e. The topological polar surface area (TPSA) is 58.2 Å². The lowest BCUT2D eigenvalue weighted by Crippen LogP contribution is -2.14. The number of benzene rings is 2. The zero-order valence-corrected chi connectivity index (χ0v) is 12.0. The van der Waals surface area contributed by atoms with Gasteiger partial charge < -0.3 is 5.32 Å². The number of para-hydroxylation sites is 1. The molecule has 2 N–H and O–H groups in total. The van der Waals surface area contributed by atoms with Gasteiger partial charge in [0.05, 0.1) is 5.69 Å². The first-order valence-electron chi connectivity index (χ1n) is 6.00. The molecule has 6 heteroatoms. The van der Waals surface area contributed by atoms with Gasteiger partial charge in [0.2, 0.25) is 0 Å². The van der Waals surface area contributed by atoms with Crippen molar-refractivity contribution >= 4 is 21.4 Å². The molecule has 0 atom stereocenters. The molecule has 0 heterocycles. The van der Waals surface area contributed by atoms with Gasteiger partial charge in [0.25, 0.3) is 10.0 Å². The maximum atomic E-state index is 13.2. The molecular formula is C14H15FN2O2S. The summed E-state index contributed by atoms with van der Waals surface area (Å²) in [5.74, 6) is -0.372. The van der Waals surface area contributed by atoms with E-state index in [-0.39, 0.29) is 10.7 Å². The lowest BCUT2D eigenvalue weighted by atomic mass is 10.2. The SMILES string of the molecule is CNc1ccccc1S(=O)(=O)Nc1ccc(F)c(C)c1. The Bertz CT molecular complexity index is 730. The third-order valence-corrected chi connectivity index (χ3v) is 4.30. The van der Waals surface area contributed by atoms with Crippen molar-refractivity contribution in [2.45, 2.75) is 11.8 Å². The molecule has 4 nitrogen and oxygen atoms in total. The Morgan fingerprint density at radius 1 is 1.10 bits per heavy atom. The lowest BCUT2D eigenvalue weighted by molar-refractivity contribution is 0.601. The fourth-order valence-electron chi connectivity index (χ4n) is 1.83. The molecule has 106 valence electrons. The molecule has 0 saturated carbocycles. The quantitative estimate of drug-likeness (QED) is 0.911. The molecule has 20 heavy (non-hydrogen) atoms. The second kappa shape index (κ2) is 5.50. The fourth-order valence-corrected chi connectivity index (χ4v) is 3.09. The van der Waals surface area contributed by atoms with Crippen LogP contribution < -0.4 is 10.0 Å². The zero-order chi connectivity index (χ0) is 14.8. The second-order valence-corrected chi connectivity index (χ2v) is 5.97. The predicted octanol–water partition coefficient (Wildman–Crippen LogP) is 2.98. The maximum Gasteiger partial charge on any atom is 0.263 e. The summed E-state index contributed by atoms with van der Waals surface area (Å²) in [4.78, 5) is 0.143. The molecule has 2 rings (SSSR count). The Kier molecular flexibility index (Phi) is 3.94. The van der Waals surface area contributed by atoms with Gasteiger partial charge in [0.15, 0.2) is 0 Å². The van der Waals surface area contributed by atoms with Crippen LogP contribution in [0.5, 0.6) is 0 Å². The van der Waals surface area contributed by atoms with E-state index in [4.69, 9.17) is 0 Å². The smallest absolute Gasteiger partial charge is 0.263 e. The molecular weight excluding hydrogens is 279 g/mol. The summed E-state index contributed by atoms with van der Waals surface area (Å²) in [7, 11) is -2.07. The Labute approximate surface area is 117 Å². The van der Waals surface area contributed by atoms with Crippen LogP contribution in [0.2, 0.25) is 0 Å². The van der Waals surface area contributed by atoms with Crippen LogP contribution >= 0.6 is 0 Å². The van der Waals surface area contributed by atoms with Crippen molar-refractivity contribution in [2.75, 3.05) is 17.1 Å². The summed E-state index contributed by atoms with van der Waals surface area (Å²) in [5.41, 5.74) is 1.21. The number of rotatable bonds is 4. The summed E-state index contributed by atoms with van der Waals surface area (Å²) >= 11 is 0. The number of anilines is 2. The number of sulfonamides is 1. The van der Waals surface area contributed by atoms with Crippen LogP contribution in [0.3, 0.4) is 0 Å². The predicted molar refractivity (Wildman–Crippen MR) is 77.9 cm³/mol. The third-order valence-electron chi connectivity index (χ3n) is 2.86. The molecule has 0 bridgehead atoms. The van der Waals surface area contributed by atoms with Gasteiger partial charge in [-0.25, -0.2) is 12.8 Å². The van der Waals surface area contributed by atoms with E-state index >= 15 is 0 Å². The first-order valence-corrected chi connectivity index (χ1v) is 7.48. The summed E-state index contributed by atoms with van der Waals surface area (Å²) in [6.45, 7) is 1.58. The van der Waals surface area contributed by atoms with Crippen molar-refractivity contribution in [3.05, 3.63) is 53.8 Å². The van der Waals surface area contributed by atoms with Gasteiger partial charge in [-0.15, -0.1) is 0 Å². The van der Waals surface area contributed by atoms with Gasteiger partial charge >= 0.3 is 0 Å². The minimum absolute atomic E-state index is 0.143. The van der Waals surface area contributed by atoms with Crippen molar-refractivity contribution in [3.8, 4) is 0 Å². The molecule has 0 unspecified atom stereocenters. The van der Waals surface area contributed by atoms with Gasteiger partial charge in [-0.1, -0.05) is 12.1 Å². The van der Waals surface area contributed by atoms with Crippen LogP contribution in [0, 0.1) is 12.7 Å². The van der Waals surface area contributed by atoms with Crippen LogP contribution in [0.4, 0.5) is 15.8 Å². The zero-order valence-electron chi connectivity index (χ0n) is 11.1. The third kappa shape index (κ3) is 2.91. The molecule has 0 aliphatic heterocycles. The second-order valence-electron chi connectivity index (χ2n) is 4.32. The standard InChI is InChI=1S/C14H15FN2O2S/c1-10-9-11(7-8-12(10)15)17-20(18,19)14-6-4-3-5-13(14)16-2/h3-9,16-17H,1-2H3. The van der Waals surface area contributed by atoms with Gasteiger partial charge in [0.1, 0.15) is 10.7 Å². The van der Waals surface area contributed by atoms with Crippen LogP contribution in [0.15, 0.2) is 47.4 Å². The first-order chi connectivity index (χ1) is 9.44. The van der Waals surface area contributed by atoms with Crippen molar-refractivity contribution in [1.82, 2.24) is 0 Å². The van der Waals surface area contributed by atoms with Crippen molar-refractivity contribution in [1.29, 1.82) is 0 Å². The normalized spacial score (nSPS) is 11.2. The highest BCUT2D eigenvalue weighted by molar-refractivity contribution is 7.92. The van der Waals surface area contributed by atoms with Crippen LogP contribution in [-0.2, 0) is 10.0 Å². The average molecular weight is 294 g/mol. The van der Waals surface area contributed by atoms with E-state index in [0.29, 0.717) is 16.9 Å². The molecule has 0 spiro atoms. The molecule has 2 aromatic rings. The minimum Gasteiger partial charge on any atom is -0.387 e. The minimum atomic E-state index is -3.72. The highest BCUT2D eigenvalue weighted by atomic mass is 32.2. The Hall–Kier alpha value is -2.08. The van der Waals surface area contributed by atoms with Crippen molar-refractivity contribution < 1.29 is 12.8 Å². The summed E-state index contributed by atoms with van der Waals surface area (Å²) in [6, 6.07) is 10.6. The molecule has 0 fully saturated rings. The van der Waals surface area contributed by atoms with E-state index in [1.165, 1.54) is 24.3 Å². The van der Waals surface area contributed by atoms with Crippen LogP contribution in [0.1, 0.15) is 5.56 Å². The highest BCUT2D eigenvalue weighted by Crippen LogP contribution is 2.23. The summed E-state index contributed by atoms with van der Waals surface area (Å²) in [5, 5.41) is 2.83. The molecule has 0 aliphatic carbocycles. The molecule has 2 aromatic carbocycles. The van der Waals surface area contributed by atoms with Crippen LogP contribution in [-0.4, -0.2) is 15.5 Å². The van der Waals surface area contributed by atoms with E-state index in [1.807, 2.05) is 0 Å². The number of halogens is 1. The highest BCUT2D eigenvalue weighted by Gasteiger charge is 2.18. The summed E-state index contributed by atoms with van der Waals surface area (Å²) in [6.07, 6.45) is 0.